The molecule has 1 aliphatic heterocycles. The maximum Gasteiger partial charge on any atom is 0.126 e. The van der Waals surface area contributed by atoms with E-state index in [2.05, 4.69) is 36.1 Å². The van der Waals surface area contributed by atoms with Crippen LogP contribution in [-0.2, 0) is 0 Å². The van der Waals surface area contributed by atoms with E-state index >= 15 is 0 Å². The van der Waals surface area contributed by atoms with Gasteiger partial charge >= 0.3 is 0 Å². The number of halogens is 2. The summed E-state index contributed by atoms with van der Waals surface area (Å²) in [4.78, 5) is 0. The summed E-state index contributed by atoms with van der Waals surface area (Å²) >= 11 is 0. The summed E-state index contributed by atoms with van der Waals surface area (Å²) in [7, 11) is 0. The Morgan fingerprint density at radius 1 is 1.00 bits per heavy atom. The fourth-order valence-electron chi connectivity index (χ4n) is 2.16. The quantitative estimate of drug-likeness (QED) is 0.795. The monoisotopic (exact) mass is 293 g/mol. The summed E-state index contributed by atoms with van der Waals surface area (Å²) in [5.74, 6) is 0.0578. The van der Waals surface area contributed by atoms with Crippen molar-refractivity contribution in [3.05, 3.63) is 58.6 Å². The van der Waals surface area contributed by atoms with Crippen molar-refractivity contribution in [3.63, 3.8) is 0 Å². The number of hydrogen-bond donors (Lipinski definition) is 3. The molecule has 5 heteroatoms. The molecule has 0 bridgehead atoms. The van der Waals surface area contributed by atoms with Gasteiger partial charge < -0.3 is 10.7 Å². The molecule has 0 fully saturated rings. The van der Waals surface area contributed by atoms with Crippen LogP contribution in [0.2, 0.25) is 0 Å². The van der Waals surface area contributed by atoms with E-state index in [1.807, 2.05) is 13.8 Å². The Morgan fingerprint density at radius 2 is 1.62 bits per heavy atom. The Balaban J connectivity index is 2.16. The summed E-state index contributed by atoms with van der Waals surface area (Å²) in [6.45, 7) is 8.05. The van der Waals surface area contributed by atoms with Gasteiger partial charge in [0.05, 0.1) is 6.04 Å². The van der Waals surface area contributed by atoms with E-state index in [9.17, 15) is 8.78 Å². The van der Waals surface area contributed by atoms with Crippen LogP contribution < -0.4 is 16.2 Å². The molecule has 0 unspecified atom stereocenters. The lowest BCUT2D eigenvalue weighted by molar-refractivity contribution is 0.512. The van der Waals surface area contributed by atoms with Crippen LogP contribution in [0.4, 0.5) is 8.78 Å². The molecule has 0 saturated carbocycles. The summed E-state index contributed by atoms with van der Waals surface area (Å²) in [6.07, 6.45) is 2.06. The maximum absolute atomic E-state index is 13.3. The van der Waals surface area contributed by atoms with Gasteiger partial charge in [-0.2, -0.15) is 0 Å². The summed E-state index contributed by atoms with van der Waals surface area (Å²) in [5, 5.41) is 3.23. The summed E-state index contributed by atoms with van der Waals surface area (Å²) < 4.78 is 26.5. The Hall–Kier alpha value is -2.04. The molecular formula is C16H21F2N3. The molecule has 1 aromatic rings. The molecule has 3 N–H and O–H groups in total. The first-order valence-electron chi connectivity index (χ1n) is 7.04. The molecule has 1 aromatic carbocycles. The van der Waals surface area contributed by atoms with Crippen LogP contribution >= 0.6 is 0 Å². The third kappa shape index (κ3) is 3.74. The van der Waals surface area contributed by atoms with Crippen molar-refractivity contribution in [1.82, 2.24) is 16.2 Å². The van der Waals surface area contributed by atoms with E-state index in [0.717, 1.165) is 23.2 Å². The first-order valence-corrected chi connectivity index (χ1v) is 7.04. The maximum atomic E-state index is 13.3. The van der Waals surface area contributed by atoms with Crippen LogP contribution in [0.5, 0.6) is 0 Å². The van der Waals surface area contributed by atoms with Crippen LogP contribution in [0.1, 0.15) is 39.3 Å². The molecule has 0 aliphatic carbocycles. The molecule has 3 nitrogen and oxygen atoms in total. The standard InChI is InChI=1S/C16H21F2N3/c1-9(2)15-5-10(3)16(21-20-15)19-11(4)12-6-13(17)8-14(18)7-12/h5-9,11,19-21H,1-4H3/t11-/m0/s1. The normalized spacial score (nSPS) is 16.2. The van der Waals surface area contributed by atoms with Gasteiger partial charge in [-0.25, -0.2) is 8.78 Å². The average molecular weight is 293 g/mol. The van der Waals surface area contributed by atoms with Gasteiger partial charge in [-0.15, -0.1) is 0 Å². The molecular weight excluding hydrogens is 272 g/mol. The average Bonchev–Trinajstić information content (AvgIpc) is 2.39. The number of allylic oxidation sites excluding steroid dienone is 3. The van der Waals surface area contributed by atoms with Crippen molar-refractivity contribution in [2.75, 3.05) is 0 Å². The highest BCUT2D eigenvalue weighted by atomic mass is 19.1. The number of nitrogens with one attached hydrogen (secondary N) is 3. The first-order chi connectivity index (χ1) is 9.86. The smallest absolute Gasteiger partial charge is 0.126 e. The topological polar surface area (TPSA) is 36.1 Å². The van der Waals surface area contributed by atoms with Crippen molar-refractivity contribution >= 4 is 0 Å². The number of benzene rings is 1. The van der Waals surface area contributed by atoms with Crippen LogP contribution in [0.3, 0.4) is 0 Å². The zero-order valence-corrected chi connectivity index (χ0v) is 12.7. The van der Waals surface area contributed by atoms with Gasteiger partial charge in [0.25, 0.3) is 0 Å². The van der Waals surface area contributed by atoms with Crippen molar-refractivity contribution in [2.45, 2.75) is 33.7 Å². The third-order valence-corrected chi connectivity index (χ3v) is 3.47. The van der Waals surface area contributed by atoms with Crippen molar-refractivity contribution in [1.29, 1.82) is 0 Å². The molecule has 0 radical (unpaired) electrons. The van der Waals surface area contributed by atoms with Crippen molar-refractivity contribution in [2.24, 2.45) is 5.92 Å². The van der Waals surface area contributed by atoms with Crippen molar-refractivity contribution < 1.29 is 8.78 Å². The molecule has 1 aliphatic rings. The van der Waals surface area contributed by atoms with Gasteiger partial charge in [-0.1, -0.05) is 13.8 Å². The Bertz CT molecular complexity index is 571. The second kappa shape index (κ2) is 6.16. The lowest BCUT2D eigenvalue weighted by Gasteiger charge is -2.27. The van der Waals surface area contributed by atoms with Gasteiger partial charge in [0, 0.05) is 11.8 Å². The number of hydrazine groups is 1. The SMILES string of the molecule is CC1=C(N[C@@H](C)c2cc(F)cc(F)c2)NNC(C(C)C)=C1. The minimum absolute atomic E-state index is 0.219. The fourth-order valence-corrected chi connectivity index (χ4v) is 2.16. The second-order valence-electron chi connectivity index (χ2n) is 5.63. The molecule has 0 amide bonds. The molecule has 2 rings (SSSR count). The van der Waals surface area contributed by atoms with Gasteiger partial charge in [-0.3, -0.25) is 5.43 Å². The number of rotatable bonds is 4. The molecule has 1 heterocycles. The minimum atomic E-state index is -0.568. The van der Waals surface area contributed by atoms with Crippen LogP contribution in [-0.4, -0.2) is 0 Å². The van der Waals surface area contributed by atoms with E-state index in [-0.39, 0.29) is 6.04 Å². The van der Waals surface area contributed by atoms with Crippen molar-refractivity contribution in [3.8, 4) is 0 Å². The predicted octanol–water partition coefficient (Wildman–Crippen LogP) is 3.49. The first kappa shape index (κ1) is 15.4. The van der Waals surface area contributed by atoms with Gasteiger partial charge in [-0.05, 0) is 49.1 Å². The molecule has 0 aromatic heterocycles. The van der Waals surface area contributed by atoms with Gasteiger partial charge in [0.2, 0.25) is 0 Å². The zero-order valence-electron chi connectivity index (χ0n) is 12.7. The van der Waals surface area contributed by atoms with Gasteiger partial charge in [0.15, 0.2) is 0 Å². The van der Waals surface area contributed by atoms with E-state index < -0.39 is 11.6 Å². The van der Waals surface area contributed by atoms with E-state index in [1.54, 1.807) is 0 Å². The van der Waals surface area contributed by atoms with E-state index in [0.29, 0.717) is 11.5 Å². The van der Waals surface area contributed by atoms with Gasteiger partial charge in [0.1, 0.15) is 17.5 Å². The molecule has 0 saturated heterocycles. The number of hydrogen-bond acceptors (Lipinski definition) is 3. The minimum Gasteiger partial charge on any atom is -0.364 e. The van der Waals surface area contributed by atoms with Crippen LogP contribution in [0.15, 0.2) is 41.4 Å². The zero-order chi connectivity index (χ0) is 15.6. The fraction of sp³-hybridized carbons (Fsp3) is 0.375. The Morgan fingerprint density at radius 3 is 2.14 bits per heavy atom. The Labute approximate surface area is 124 Å². The molecule has 114 valence electrons. The predicted molar refractivity (Wildman–Crippen MR) is 79.8 cm³/mol. The largest absolute Gasteiger partial charge is 0.364 e. The Kier molecular flexibility index (Phi) is 4.50. The lowest BCUT2D eigenvalue weighted by atomic mass is 10.1. The second-order valence-corrected chi connectivity index (χ2v) is 5.63. The lowest BCUT2D eigenvalue weighted by Crippen LogP contribution is -2.41. The van der Waals surface area contributed by atoms with E-state index in [4.69, 9.17) is 0 Å². The molecule has 1 atom stereocenters. The van der Waals surface area contributed by atoms with E-state index in [1.165, 1.54) is 12.1 Å². The summed E-state index contributed by atoms with van der Waals surface area (Å²) in [5.41, 5.74) is 8.92. The van der Waals surface area contributed by atoms with Crippen LogP contribution in [0.25, 0.3) is 0 Å². The highest BCUT2D eigenvalue weighted by molar-refractivity contribution is 5.30. The molecule has 21 heavy (non-hydrogen) atoms. The summed E-state index contributed by atoms with van der Waals surface area (Å²) in [6, 6.07) is 3.33. The third-order valence-electron chi connectivity index (χ3n) is 3.47. The highest BCUT2D eigenvalue weighted by Gasteiger charge is 2.15. The highest BCUT2D eigenvalue weighted by Crippen LogP contribution is 2.19. The van der Waals surface area contributed by atoms with Crippen LogP contribution in [0, 0.1) is 17.6 Å². The molecule has 0 spiro atoms.